The predicted molar refractivity (Wildman–Crippen MR) is 68.8 cm³/mol. The lowest BCUT2D eigenvalue weighted by Gasteiger charge is -2.17. The maximum Gasteiger partial charge on any atom is 0.254 e. The lowest BCUT2D eigenvalue weighted by Crippen LogP contribution is -2.28. The third-order valence-corrected chi connectivity index (χ3v) is 3.63. The zero-order chi connectivity index (χ0) is 11.7. The molecule has 0 heterocycles. The van der Waals surface area contributed by atoms with E-state index in [1.54, 1.807) is 23.1 Å². The summed E-state index contributed by atoms with van der Waals surface area (Å²) < 4.78 is 0.757. The Labute approximate surface area is 109 Å². The van der Waals surface area contributed by atoms with Crippen LogP contribution in [-0.4, -0.2) is 24.4 Å². The Morgan fingerprint density at radius 3 is 2.81 bits per heavy atom. The molecule has 2 nitrogen and oxygen atoms in total. The lowest BCUT2D eigenvalue weighted by molar-refractivity contribution is 0.0788. The highest BCUT2D eigenvalue weighted by Crippen LogP contribution is 2.30. The second-order valence-corrected chi connectivity index (χ2v) is 5.54. The van der Waals surface area contributed by atoms with E-state index in [1.807, 2.05) is 7.05 Å². The van der Waals surface area contributed by atoms with E-state index in [0.717, 1.165) is 11.0 Å². The summed E-state index contributed by atoms with van der Waals surface area (Å²) in [5.74, 6) is 0.760. The van der Waals surface area contributed by atoms with Crippen molar-refractivity contribution in [1.29, 1.82) is 0 Å². The van der Waals surface area contributed by atoms with E-state index in [2.05, 4.69) is 15.9 Å². The standard InChI is InChI=1S/C12H13BrClNO/c1-15(7-8-2-3-8)12(16)10-5-4-9(14)6-11(10)13/h4-6,8H,2-3,7H2,1H3. The number of hydrogen-bond donors (Lipinski definition) is 0. The molecular formula is C12H13BrClNO. The van der Waals surface area contributed by atoms with Gasteiger partial charge in [0.2, 0.25) is 0 Å². The van der Waals surface area contributed by atoms with Crippen molar-refractivity contribution in [3.8, 4) is 0 Å². The molecule has 1 fully saturated rings. The van der Waals surface area contributed by atoms with E-state index in [-0.39, 0.29) is 5.91 Å². The number of carbonyl (C=O) groups is 1. The van der Waals surface area contributed by atoms with Crippen LogP contribution in [0.1, 0.15) is 23.2 Å². The number of benzene rings is 1. The summed E-state index contributed by atoms with van der Waals surface area (Å²) in [5, 5.41) is 0.633. The van der Waals surface area contributed by atoms with Gasteiger partial charge in [-0.25, -0.2) is 0 Å². The van der Waals surface area contributed by atoms with Gasteiger partial charge < -0.3 is 4.90 Å². The monoisotopic (exact) mass is 301 g/mol. The van der Waals surface area contributed by atoms with Gasteiger partial charge in [-0.2, -0.15) is 0 Å². The third-order valence-electron chi connectivity index (χ3n) is 2.74. The molecule has 86 valence electrons. The van der Waals surface area contributed by atoms with Crippen LogP contribution < -0.4 is 0 Å². The molecule has 0 atom stereocenters. The molecule has 4 heteroatoms. The summed E-state index contributed by atoms with van der Waals surface area (Å²) in [6, 6.07) is 5.25. The van der Waals surface area contributed by atoms with Crippen molar-refractivity contribution in [3.05, 3.63) is 33.3 Å². The van der Waals surface area contributed by atoms with Gasteiger partial charge >= 0.3 is 0 Å². The molecule has 0 aliphatic heterocycles. The molecule has 1 aliphatic rings. The van der Waals surface area contributed by atoms with Gasteiger partial charge in [0.15, 0.2) is 0 Å². The van der Waals surface area contributed by atoms with Crippen molar-refractivity contribution >= 4 is 33.4 Å². The van der Waals surface area contributed by atoms with Crippen molar-refractivity contribution in [2.75, 3.05) is 13.6 Å². The summed E-state index contributed by atoms with van der Waals surface area (Å²) in [6.07, 6.45) is 2.50. The van der Waals surface area contributed by atoms with Crippen LogP contribution in [0.4, 0.5) is 0 Å². The van der Waals surface area contributed by atoms with Gasteiger partial charge in [-0.1, -0.05) is 11.6 Å². The van der Waals surface area contributed by atoms with Crippen molar-refractivity contribution in [1.82, 2.24) is 4.90 Å². The highest BCUT2D eigenvalue weighted by molar-refractivity contribution is 9.10. The molecular weight excluding hydrogens is 289 g/mol. The molecule has 2 rings (SSSR count). The van der Waals surface area contributed by atoms with Crippen LogP contribution in [-0.2, 0) is 0 Å². The Bertz CT molecular complexity index is 417. The fourth-order valence-electron chi connectivity index (χ4n) is 1.64. The van der Waals surface area contributed by atoms with E-state index in [1.165, 1.54) is 12.8 Å². The summed E-state index contributed by atoms with van der Waals surface area (Å²) in [7, 11) is 1.85. The fourth-order valence-corrected chi connectivity index (χ4v) is 2.49. The molecule has 1 amide bonds. The minimum absolute atomic E-state index is 0.0513. The van der Waals surface area contributed by atoms with Crippen LogP contribution in [0.15, 0.2) is 22.7 Å². The number of carbonyl (C=O) groups excluding carboxylic acids is 1. The van der Waals surface area contributed by atoms with Crippen LogP contribution >= 0.6 is 27.5 Å². The summed E-state index contributed by atoms with van der Waals surface area (Å²) in [6.45, 7) is 0.855. The SMILES string of the molecule is CN(CC1CC1)C(=O)c1ccc(Cl)cc1Br. The number of halogens is 2. The Morgan fingerprint density at radius 1 is 1.56 bits per heavy atom. The largest absolute Gasteiger partial charge is 0.341 e. The predicted octanol–water partition coefficient (Wildman–Crippen LogP) is 3.58. The molecule has 0 bridgehead atoms. The smallest absolute Gasteiger partial charge is 0.254 e. The second kappa shape index (κ2) is 4.76. The molecule has 16 heavy (non-hydrogen) atoms. The van der Waals surface area contributed by atoms with Crippen molar-refractivity contribution in [3.63, 3.8) is 0 Å². The molecule has 0 N–H and O–H groups in total. The molecule has 0 unspecified atom stereocenters. The first-order valence-corrected chi connectivity index (χ1v) is 6.45. The first kappa shape index (κ1) is 11.9. The average molecular weight is 303 g/mol. The zero-order valence-corrected chi connectivity index (χ0v) is 11.4. The van der Waals surface area contributed by atoms with Crippen LogP contribution in [0.25, 0.3) is 0 Å². The van der Waals surface area contributed by atoms with Gasteiger partial charge in [-0.15, -0.1) is 0 Å². The number of nitrogens with zero attached hydrogens (tertiary/aromatic N) is 1. The third kappa shape index (κ3) is 2.77. The van der Waals surface area contributed by atoms with Gasteiger partial charge in [-0.3, -0.25) is 4.79 Å². The minimum atomic E-state index is 0.0513. The van der Waals surface area contributed by atoms with Crippen LogP contribution in [0.3, 0.4) is 0 Å². The molecule has 0 spiro atoms. The summed E-state index contributed by atoms with van der Waals surface area (Å²) in [4.78, 5) is 13.9. The minimum Gasteiger partial charge on any atom is -0.341 e. The number of amides is 1. The second-order valence-electron chi connectivity index (χ2n) is 4.25. The van der Waals surface area contributed by atoms with Gasteiger partial charge in [-0.05, 0) is 52.9 Å². The average Bonchev–Trinajstić information content (AvgIpc) is 3.00. The van der Waals surface area contributed by atoms with Crippen molar-refractivity contribution < 1.29 is 4.79 Å². The van der Waals surface area contributed by atoms with E-state index < -0.39 is 0 Å². The fraction of sp³-hybridized carbons (Fsp3) is 0.417. The van der Waals surface area contributed by atoms with Crippen molar-refractivity contribution in [2.45, 2.75) is 12.8 Å². The van der Waals surface area contributed by atoms with Crippen LogP contribution in [0.5, 0.6) is 0 Å². The first-order chi connectivity index (χ1) is 7.58. The first-order valence-electron chi connectivity index (χ1n) is 5.28. The van der Waals surface area contributed by atoms with E-state index in [4.69, 9.17) is 11.6 Å². The quantitative estimate of drug-likeness (QED) is 0.835. The Hall–Kier alpha value is -0.540. The van der Waals surface area contributed by atoms with Crippen LogP contribution in [0.2, 0.25) is 5.02 Å². The van der Waals surface area contributed by atoms with E-state index in [9.17, 15) is 4.79 Å². The topological polar surface area (TPSA) is 20.3 Å². The summed E-state index contributed by atoms with van der Waals surface area (Å²) in [5.41, 5.74) is 0.674. The molecule has 1 aromatic rings. The number of rotatable bonds is 3. The molecule has 1 aliphatic carbocycles. The van der Waals surface area contributed by atoms with Gasteiger partial charge in [0.05, 0.1) is 5.56 Å². The highest BCUT2D eigenvalue weighted by Gasteiger charge is 2.25. The maximum absolute atomic E-state index is 12.1. The zero-order valence-electron chi connectivity index (χ0n) is 9.04. The Balaban J connectivity index is 2.12. The normalized spacial score (nSPS) is 14.9. The Kier molecular flexibility index (Phi) is 3.55. The van der Waals surface area contributed by atoms with Gasteiger partial charge in [0.25, 0.3) is 5.91 Å². The Morgan fingerprint density at radius 2 is 2.25 bits per heavy atom. The molecule has 1 saturated carbocycles. The number of hydrogen-bond acceptors (Lipinski definition) is 1. The van der Waals surface area contributed by atoms with Crippen molar-refractivity contribution in [2.24, 2.45) is 5.92 Å². The maximum atomic E-state index is 12.1. The summed E-state index contributed by atoms with van der Waals surface area (Å²) >= 11 is 9.21. The van der Waals surface area contributed by atoms with E-state index >= 15 is 0 Å². The van der Waals surface area contributed by atoms with E-state index in [0.29, 0.717) is 16.5 Å². The molecule has 0 radical (unpaired) electrons. The molecule has 1 aromatic carbocycles. The molecule has 0 saturated heterocycles. The van der Waals surface area contributed by atoms with Gasteiger partial charge in [0.1, 0.15) is 0 Å². The lowest BCUT2D eigenvalue weighted by atomic mass is 10.2. The molecule has 0 aromatic heterocycles. The van der Waals surface area contributed by atoms with Crippen LogP contribution in [0, 0.1) is 5.92 Å². The van der Waals surface area contributed by atoms with Gasteiger partial charge in [0, 0.05) is 23.1 Å². The highest BCUT2D eigenvalue weighted by atomic mass is 79.9.